The highest BCUT2D eigenvalue weighted by Gasteiger charge is 2.30. The van der Waals surface area contributed by atoms with E-state index in [0.717, 1.165) is 42.4 Å². The number of hydrogen-bond acceptors (Lipinski definition) is 3. The Bertz CT molecular complexity index is 671. The highest BCUT2D eigenvalue weighted by atomic mass is 16.4. The zero-order valence-electron chi connectivity index (χ0n) is 12.9. The smallest absolute Gasteiger partial charge is 0.307 e. The van der Waals surface area contributed by atoms with E-state index in [4.69, 9.17) is 4.98 Å². The first-order chi connectivity index (χ1) is 10.7. The molecule has 1 saturated heterocycles. The van der Waals surface area contributed by atoms with Crippen LogP contribution in [0, 0.1) is 5.92 Å². The minimum atomic E-state index is -0.675. The third-order valence-electron chi connectivity index (χ3n) is 4.59. The van der Waals surface area contributed by atoms with E-state index in [1.807, 2.05) is 18.2 Å². The molecule has 1 N–H and O–H groups in total. The molecule has 0 bridgehead atoms. The maximum atomic E-state index is 11.3. The summed E-state index contributed by atoms with van der Waals surface area (Å²) in [6.07, 6.45) is 2.67. The van der Waals surface area contributed by atoms with Gasteiger partial charge in [0.05, 0.1) is 23.2 Å². The summed E-state index contributed by atoms with van der Waals surface area (Å²) in [5, 5.41) is 10.4. The van der Waals surface area contributed by atoms with E-state index in [1.165, 1.54) is 0 Å². The second-order valence-corrected chi connectivity index (χ2v) is 6.03. The molecule has 116 valence electrons. The van der Waals surface area contributed by atoms with Gasteiger partial charge in [0.1, 0.15) is 0 Å². The molecule has 0 radical (unpaired) electrons. The molecule has 0 aliphatic carbocycles. The molecule has 2 unspecified atom stereocenters. The Balaban J connectivity index is 1.87. The van der Waals surface area contributed by atoms with E-state index in [-0.39, 0.29) is 12.0 Å². The van der Waals surface area contributed by atoms with Gasteiger partial charge in [-0.3, -0.25) is 14.7 Å². The first-order valence-corrected chi connectivity index (χ1v) is 8.01. The third-order valence-corrected chi connectivity index (χ3v) is 4.59. The topological polar surface area (TPSA) is 53.4 Å². The fourth-order valence-corrected chi connectivity index (χ4v) is 3.41. The number of fused-ring (bicyclic) bond motifs is 1. The molecule has 4 heteroatoms. The maximum Gasteiger partial charge on any atom is 0.307 e. The fourth-order valence-electron chi connectivity index (χ4n) is 3.41. The molecule has 1 aromatic carbocycles. The Morgan fingerprint density at radius 3 is 2.95 bits per heavy atom. The molecular formula is C18H22N2O2. The van der Waals surface area contributed by atoms with Gasteiger partial charge in [-0.25, -0.2) is 0 Å². The Kier molecular flexibility index (Phi) is 4.39. The molecule has 3 rings (SSSR count). The molecule has 1 aliphatic heterocycles. The van der Waals surface area contributed by atoms with E-state index in [9.17, 15) is 9.90 Å². The van der Waals surface area contributed by atoms with Crippen LogP contribution < -0.4 is 0 Å². The van der Waals surface area contributed by atoms with Gasteiger partial charge in [-0.05, 0) is 37.9 Å². The Morgan fingerprint density at radius 2 is 2.18 bits per heavy atom. The molecule has 2 atom stereocenters. The van der Waals surface area contributed by atoms with Gasteiger partial charge in [-0.2, -0.15) is 0 Å². The summed E-state index contributed by atoms with van der Waals surface area (Å²) in [5.74, 6) is -0.922. The van der Waals surface area contributed by atoms with Crippen molar-refractivity contribution in [1.29, 1.82) is 0 Å². The van der Waals surface area contributed by atoms with Crippen LogP contribution >= 0.6 is 0 Å². The minimum Gasteiger partial charge on any atom is -0.481 e. The molecule has 2 heterocycles. The Hall–Kier alpha value is -1.94. The van der Waals surface area contributed by atoms with Gasteiger partial charge in [0.25, 0.3) is 0 Å². The van der Waals surface area contributed by atoms with E-state index in [2.05, 4.69) is 30.0 Å². The quantitative estimate of drug-likeness (QED) is 0.939. The van der Waals surface area contributed by atoms with Crippen molar-refractivity contribution < 1.29 is 9.90 Å². The van der Waals surface area contributed by atoms with Crippen molar-refractivity contribution >= 4 is 16.9 Å². The lowest BCUT2D eigenvalue weighted by molar-refractivity contribution is -0.144. The first-order valence-electron chi connectivity index (χ1n) is 8.01. The van der Waals surface area contributed by atoms with Crippen LogP contribution in [-0.2, 0) is 4.79 Å². The largest absolute Gasteiger partial charge is 0.481 e. The van der Waals surface area contributed by atoms with E-state index < -0.39 is 5.97 Å². The molecule has 4 nitrogen and oxygen atoms in total. The molecule has 1 fully saturated rings. The van der Waals surface area contributed by atoms with Crippen molar-refractivity contribution in [2.45, 2.75) is 32.2 Å². The number of pyridine rings is 1. The monoisotopic (exact) mass is 298 g/mol. The average Bonchev–Trinajstić information content (AvgIpc) is 2.56. The van der Waals surface area contributed by atoms with Crippen molar-refractivity contribution in [2.75, 3.05) is 13.1 Å². The lowest BCUT2D eigenvalue weighted by Crippen LogP contribution is -2.41. The van der Waals surface area contributed by atoms with E-state index >= 15 is 0 Å². The predicted molar refractivity (Wildman–Crippen MR) is 86.7 cm³/mol. The lowest BCUT2D eigenvalue weighted by Gasteiger charge is -2.36. The summed E-state index contributed by atoms with van der Waals surface area (Å²) in [4.78, 5) is 18.4. The molecular weight excluding hydrogens is 276 g/mol. The highest BCUT2D eigenvalue weighted by molar-refractivity contribution is 5.78. The van der Waals surface area contributed by atoms with Crippen LogP contribution in [-0.4, -0.2) is 34.0 Å². The van der Waals surface area contributed by atoms with Crippen molar-refractivity contribution in [1.82, 2.24) is 9.88 Å². The zero-order chi connectivity index (χ0) is 15.5. The molecule has 0 amide bonds. The lowest BCUT2D eigenvalue weighted by atomic mass is 9.95. The van der Waals surface area contributed by atoms with Crippen molar-refractivity contribution in [3.8, 4) is 0 Å². The summed E-state index contributed by atoms with van der Waals surface area (Å²) in [6, 6.07) is 12.5. The number of para-hydroxylation sites is 1. The second-order valence-electron chi connectivity index (χ2n) is 6.03. The predicted octanol–water partition coefficient (Wildman–Crippen LogP) is 3.48. The number of aliphatic carboxylic acids is 1. The number of carboxylic acid groups (broad SMARTS) is 1. The van der Waals surface area contributed by atoms with E-state index in [0.29, 0.717) is 6.54 Å². The summed E-state index contributed by atoms with van der Waals surface area (Å²) < 4.78 is 0. The van der Waals surface area contributed by atoms with Gasteiger partial charge in [-0.15, -0.1) is 0 Å². The fraction of sp³-hybridized carbons (Fsp3) is 0.444. The van der Waals surface area contributed by atoms with Gasteiger partial charge >= 0.3 is 5.97 Å². The number of nitrogens with zero attached hydrogens (tertiary/aromatic N) is 2. The minimum absolute atomic E-state index is 0.201. The normalized spacial score (nSPS) is 20.9. The Labute approximate surface area is 130 Å². The van der Waals surface area contributed by atoms with Crippen LogP contribution in [0.1, 0.15) is 37.9 Å². The van der Waals surface area contributed by atoms with Crippen LogP contribution in [0.4, 0.5) is 0 Å². The standard InChI is InChI=1S/C18H22N2O2/c1-2-17(20-11-5-7-14(12-20)18(21)22)16-10-9-13-6-3-4-8-15(13)19-16/h3-4,6,8-10,14,17H,2,5,7,11-12H2,1H3,(H,21,22). The summed E-state index contributed by atoms with van der Waals surface area (Å²) in [6.45, 7) is 3.73. The molecule has 0 saturated carbocycles. The van der Waals surface area contributed by atoms with Crippen molar-refractivity contribution in [2.24, 2.45) is 5.92 Å². The number of piperidine rings is 1. The molecule has 1 aromatic heterocycles. The van der Waals surface area contributed by atoms with Crippen molar-refractivity contribution in [3.63, 3.8) is 0 Å². The van der Waals surface area contributed by atoms with Crippen LogP contribution in [0.25, 0.3) is 10.9 Å². The van der Waals surface area contributed by atoms with Crippen LogP contribution in [0.15, 0.2) is 36.4 Å². The zero-order valence-corrected chi connectivity index (χ0v) is 12.9. The summed E-state index contributed by atoms with van der Waals surface area (Å²) in [5.41, 5.74) is 2.05. The maximum absolute atomic E-state index is 11.3. The number of likely N-dealkylation sites (tertiary alicyclic amines) is 1. The number of hydrogen-bond donors (Lipinski definition) is 1. The van der Waals surface area contributed by atoms with Gasteiger partial charge in [0, 0.05) is 11.9 Å². The third kappa shape index (κ3) is 2.97. The average molecular weight is 298 g/mol. The number of carbonyl (C=O) groups is 1. The summed E-state index contributed by atoms with van der Waals surface area (Å²) >= 11 is 0. The molecule has 22 heavy (non-hydrogen) atoms. The number of carboxylic acids is 1. The van der Waals surface area contributed by atoms with Gasteiger partial charge in [0.2, 0.25) is 0 Å². The van der Waals surface area contributed by atoms with Gasteiger partial charge in [0.15, 0.2) is 0 Å². The highest BCUT2D eigenvalue weighted by Crippen LogP contribution is 2.29. The second kappa shape index (κ2) is 6.44. The number of aromatic nitrogens is 1. The Morgan fingerprint density at radius 1 is 1.36 bits per heavy atom. The van der Waals surface area contributed by atoms with Crippen LogP contribution in [0.2, 0.25) is 0 Å². The van der Waals surface area contributed by atoms with Crippen molar-refractivity contribution in [3.05, 3.63) is 42.1 Å². The SMILES string of the molecule is CCC(c1ccc2ccccc2n1)N1CCCC(C(=O)O)C1. The number of rotatable bonds is 4. The van der Waals surface area contributed by atoms with Crippen LogP contribution in [0.5, 0.6) is 0 Å². The molecule has 2 aromatic rings. The molecule has 1 aliphatic rings. The van der Waals surface area contributed by atoms with E-state index in [1.54, 1.807) is 0 Å². The van der Waals surface area contributed by atoms with Gasteiger partial charge in [-0.1, -0.05) is 31.2 Å². The molecule has 0 spiro atoms. The first kappa shape index (κ1) is 15.0. The number of benzene rings is 1. The van der Waals surface area contributed by atoms with Gasteiger partial charge < -0.3 is 5.11 Å². The summed E-state index contributed by atoms with van der Waals surface area (Å²) in [7, 11) is 0. The van der Waals surface area contributed by atoms with Crippen LogP contribution in [0.3, 0.4) is 0 Å².